The van der Waals surface area contributed by atoms with Crippen molar-refractivity contribution >= 4 is 23.2 Å². The van der Waals surface area contributed by atoms with Crippen LogP contribution >= 0.6 is 23.2 Å². The molecule has 2 nitrogen and oxygen atoms in total. The highest BCUT2D eigenvalue weighted by atomic mass is 35.5. The van der Waals surface area contributed by atoms with Crippen LogP contribution in [0.5, 0.6) is 0 Å². The zero-order valence-electron chi connectivity index (χ0n) is 7.43. The lowest BCUT2D eigenvalue weighted by molar-refractivity contribution is 0.665. The molecule has 13 heavy (non-hydrogen) atoms. The average molecular weight is 219 g/mol. The Hall–Kier alpha value is -0.310. The van der Waals surface area contributed by atoms with Crippen molar-refractivity contribution in [2.45, 2.75) is 25.8 Å². The van der Waals surface area contributed by atoms with E-state index in [4.69, 9.17) is 28.9 Å². The molecule has 0 bridgehead atoms. The van der Waals surface area contributed by atoms with E-state index in [0.717, 1.165) is 18.4 Å². The molecule has 0 aliphatic rings. The Morgan fingerprint density at radius 2 is 2.23 bits per heavy atom. The molecule has 1 aromatic heterocycles. The van der Waals surface area contributed by atoms with Gasteiger partial charge in [0.15, 0.2) is 0 Å². The van der Waals surface area contributed by atoms with Crippen LogP contribution in [0.1, 0.15) is 18.9 Å². The number of aromatic nitrogens is 1. The Kier molecular flexibility index (Phi) is 3.97. The molecule has 0 fully saturated rings. The van der Waals surface area contributed by atoms with E-state index in [1.165, 1.54) is 0 Å². The summed E-state index contributed by atoms with van der Waals surface area (Å²) in [7, 11) is 0. The Morgan fingerprint density at radius 1 is 1.54 bits per heavy atom. The van der Waals surface area contributed by atoms with Gasteiger partial charge in [0.25, 0.3) is 0 Å². The minimum atomic E-state index is 0.187. The standard InChI is InChI=1S/C9H12Cl2N2/c1-6(12)2-3-7-5-13-9(11)4-8(7)10/h4-6H,2-3,12H2,1H3. The number of aryl methyl sites for hydroxylation is 1. The molecule has 0 saturated heterocycles. The first-order valence-corrected chi connectivity index (χ1v) is 4.90. The summed E-state index contributed by atoms with van der Waals surface area (Å²) in [6.07, 6.45) is 3.46. The van der Waals surface area contributed by atoms with Gasteiger partial charge in [-0.1, -0.05) is 23.2 Å². The fourth-order valence-electron chi connectivity index (χ4n) is 1.00. The van der Waals surface area contributed by atoms with Gasteiger partial charge < -0.3 is 5.73 Å². The van der Waals surface area contributed by atoms with Crippen molar-refractivity contribution in [2.24, 2.45) is 5.73 Å². The lowest BCUT2D eigenvalue weighted by atomic mass is 10.1. The zero-order valence-corrected chi connectivity index (χ0v) is 8.94. The van der Waals surface area contributed by atoms with Gasteiger partial charge in [0.2, 0.25) is 0 Å². The largest absolute Gasteiger partial charge is 0.328 e. The summed E-state index contributed by atoms with van der Waals surface area (Å²) in [5.74, 6) is 0. The van der Waals surface area contributed by atoms with E-state index in [9.17, 15) is 0 Å². The molecule has 0 aromatic carbocycles. The van der Waals surface area contributed by atoms with Gasteiger partial charge in [0, 0.05) is 17.3 Å². The molecule has 1 unspecified atom stereocenters. The third-order valence-electron chi connectivity index (χ3n) is 1.77. The average Bonchev–Trinajstić information content (AvgIpc) is 2.02. The number of hydrogen-bond acceptors (Lipinski definition) is 2. The Bertz CT molecular complexity index is 287. The van der Waals surface area contributed by atoms with Gasteiger partial charge in [-0.3, -0.25) is 0 Å². The smallest absolute Gasteiger partial charge is 0.130 e. The SMILES string of the molecule is CC(N)CCc1cnc(Cl)cc1Cl. The first-order chi connectivity index (χ1) is 6.09. The number of nitrogens with two attached hydrogens (primary N) is 1. The number of halogens is 2. The summed E-state index contributed by atoms with van der Waals surface area (Å²) in [4.78, 5) is 3.96. The van der Waals surface area contributed by atoms with E-state index >= 15 is 0 Å². The van der Waals surface area contributed by atoms with Gasteiger partial charge in [-0.2, -0.15) is 0 Å². The molecule has 0 saturated carbocycles. The molecule has 1 aromatic rings. The number of hydrogen-bond donors (Lipinski definition) is 1. The van der Waals surface area contributed by atoms with E-state index < -0.39 is 0 Å². The molecule has 0 radical (unpaired) electrons. The maximum absolute atomic E-state index is 5.95. The van der Waals surface area contributed by atoms with Crippen LogP contribution < -0.4 is 5.73 Å². The monoisotopic (exact) mass is 218 g/mol. The molecule has 4 heteroatoms. The molecule has 1 atom stereocenters. The fraction of sp³-hybridized carbons (Fsp3) is 0.444. The van der Waals surface area contributed by atoms with Crippen LogP contribution in [0.2, 0.25) is 10.2 Å². The van der Waals surface area contributed by atoms with Crippen LogP contribution in [0.4, 0.5) is 0 Å². The molecule has 2 N–H and O–H groups in total. The van der Waals surface area contributed by atoms with E-state index in [2.05, 4.69) is 4.98 Å². The number of rotatable bonds is 3. The number of nitrogens with zero attached hydrogens (tertiary/aromatic N) is 1. The van der Waals surface area contributed by atoms with Crippen LogP contribution in [-0.4, -0.2) is 11.0 Å². The van der Waals surface area contributed by atoms with Crippen molar-refractivity contribution in [3.05, 3.63) is 28.0 Å². The second-order valence-corrected chi connectivity index (χ2v) is 3.91. The topological polar surface area (TPSA) is 38.9 Å². The van der Waals surface area contributed by atoms with Crippen molar-refractivity contribution in [1.82, 2.24) is 4.98 Å². The summed E-state index contributed by atoms with van der Waals surface area (Å²) in [5.41, 5.74) is 6.63. The van der Waals surface area contributed by atoms with Gasteiger partial charge >= 0.3 is 0 Å². The highest BCUT2D eigenvalue weighted by molar-refractivity contribution is 6.34. The second kappa shape index (κ2) is 4.80. The predicted octanol–water partition coefficient (Wildman–Crippen LogP) is 2.67. The van der Waals surface area contributed by atoms with Crippen LogP contribution in [0.15, 0.2) is 12.3 Å². The van der Waals surface area contributed by atoms with Gasteiger partial charge in [-0.25, -0.2) is 4.98 Å². The van der Waals surface area contributed by atoms with Gasteiger partial charge in [-0.05, 0) is 31.4 Å². The molecule has 0 amide bonds. The molecule has 0 aliphatic carbocycles. The summed E-state index contributed by atoms with van der Waals surface area (Å²) >= 11 is 11.6. The Morgan fingerprint density at radius 3 is 2.77 bits per heavy atom. The van der Waals surface area contributed by atoms with Crippen LogP contribution in [-0.2, 0) is 6.42 Å². The van der Waals surface area contributed by atoms with Crippen molar-refractivity contribution in [3.63, 3.8) is 0 Å². The van der Waals surface area contributed by atoms with Gasteiger partial charge in [-0.15, -0.1) is 0 Å². The van der Waals surface area contributed by atoms with E-state index in [0.29, 0.717) is 10.2 Å². The van der Waals surface area contributed by atoms with E-state index in [1.54, 1.807) is 12.3 Å². The Labute approximate surface area is 88.1 Å². The summed E-state index contributed by atoms with van der Waals surface area (Å²) in [5, 5.41) is 1.09. The summed E-state index contributed by atoms with van der Waals surface area (Å²) in [6, 6.07) is 1.84. The third kappa shape index (κ3) is 3.51. The maximum atomic E-state index is 5.95. The third-order valence-corrected chi connectivity index (χ3v) is 2.32. The van der Waals surface area contributed by atoms with Crippen molar-refractivity contribution < 1.29 is 0 Å². The Balaban J connectivity index is 2.67. The first-order valence-electron chi connectivity index (χ1n) is 4.15. The lowest BCUT2D eigenvalue weighted by Crippen LogP contribution is -2.15. The zero-order chi connectivity index (χ0) is 9.84. The minimum absolute atomic E-state index is 0.187. The van der Waals surface area contributed by atoms with Crippen LogP contribution in [0.25, 0.3) is 0 Å². The highest BCUT2D eigenvalue weighted by Gasteiger charge is 2.03. The maximum Gasteiger partial charge on any atom is 0.130 e. The number of pyridine rings is 1. The first kappa shape index (κ1) is 10.8. The van der Waals surface area contributed by atoms with Gasteiger partial charge in [0.1, 0.15) is 5.15 Å². The molecular weight excluding hydrogens is 207 g/mol. The normalized spacial score (nSPS) is 12.9. The van der Waals surface area contributed by atoms with Crippen LogP contribution in [0.3, 0.4) is 0 Å². The lowest BCUT2D eigenvalue weighted by Gasteiger charge is -2.06. The minimum Gasteiger partial charge on any atom is -0.328 e. The predicted molar refractivity (Wildman–Crippen MR) is 56.2 cm³/mol. The summed E-state index contributed by atoms with van der Waals surface area (Å²) in [6.45, 7) is 1.97. The van der Waals surface area contributed by atoms with Crippen molar-refractivity contribution in [1.29, 1.82) is 0 Å². The van der Waals surface area contributed by atoms with E-state index in [-0.39, 0.29) is 6.04 Å². The van der Waals surface area contributed by atoms with Crippen molar-refractivity contribution in [3.8, 4) is 0 Å². The van der Waals surface area contributed by atoms with E-state index in [1.807, 2.05) is 6.92 Å². The van der Waals surface area contributed by atoms with Crippen molar-refractivity contribution in [2.75, 3.05) is 0 Å². The fourth-order valence-corrected chi connectivity index (χ4v) is 1.46. The quantitative estimate of drug-likeness (QED) is 0.793. The molecule has 72 valence electrons. The highest BCUT2D eigenvalue weighted by Crippen LogP contribution is 2.19. The molecule has 0 aliphatic heterocycles. The molecule has 0 spiro atoms. The van der Waals surface area contributed by atoms with Crippen LogP contribution in [0, 0.1) is 0 Å². The summed E-state index contributed by atoms with van der Waals surface area (Å²) < 4.78 is 0. The second-order valence-electron chi connectivity index (χ2n) is 3.11. The van der Waals surface area contributed by atoms with Gasteiger partial charge in [0.05, 0.1) is 0 Å². The molecule has 1 rings (SSSR count). The molecular formula is C9H12Cl2N2. The molecule has 1 heterocycles.